The number of nitrogens with zero attached hydrogens (tertiary/aromatic N) is 1. The van der Waals surface area contributed by atoms with Crippen molar-refractivity contribution in [3.63, 3.8) is 0 Å². The normalized spacial score (nSPS) is 12.3. The van der Waals surface area contributed by atoms with Gasteiger partial charge in [-0.05, 0) is 25.1 Å². The molecule has 106 valence electrons. The van der Waals surface area contributed by atoms with E-state index >= 15 is 0 Å². The third-order valence-corrected chi connectivity index (χ3v) is 3.53. The van der Waals surface area contributed by atoms with E-state index in [4.69, 9.17) is 10.5 Å². The van der Waals surface area contributed by atoms with Crippen molar-refractivity contribution in [3.05, 3.63) is 71.9 Å². The predicted molar refractivity (Wildman–Crippen MR) is 85.1 cm³/mol. The zero-order valence-corrected chi connectivity index (χ0v) is 12.0. The Bertz CT molecular complexity index is 748. The first-order chi connectivity index (χ1) is 10.3. The Hall–Kier alpha value is -2.39. The largest absolute Gasteiger partial charge is 0.489 e. The van der Waals surface area contributed by atoms with E-state index in [-0.39, 0.29) is 6.04 Å². The molecule has 21 heavy (non-hydrogen) atoms. The molecule has 0 saturated heterocycles. The maximum Gasteiger partial charge on any atom is 0.124 e. The van der Waals surface area contributed by atoms with E-state index in [1.165, 1.54) is 0 Å². The zero-order chi connectivity index (χ0) is 14.7. The molecule has 0 spiro atoms. The number of hydrogen-bond acceptors (Lipinski definition) is 3. The van der Waals surface area contributed by atoms with Gasteiger partial charge < -0.3 is 10.5 Å². The standard InChI is InChI=1S/C18H18N2O/c1-13(19)15-6-3-5-9-18(15)21-12-14-10-11-20-17-8-4-2-7-16(14)17/h2-11,13H,12,19H2,1H3/t13-/m1/s1. The van der Waals surface area contributed by atoms with Crippen LogP contribution in [0.4, 0.5) is 0 Å². The first-order valence-electron chi connectivity index (χ1n) is 7.05. The number of pyridine rings is 1. The molecule has 2 N–H and O–H groups in total. The molecule has 0 aliphatic carbocycles. The molecule has 0 radical (unpaired) electrons. The van der Waals surface area contributed by atoms with Crippen molar-refractivity contribution in [2.45, 2.75) is 19.6 Å². The number of hydrogen-bond donors (Lipinski definition) is 1. The highest BCUT2D eigenvalue weighted by atomic mass is 16.5. The van der Waals surface area contributed by atoms with Gasteiger partial charge in [0.25, 0.3) is 0 Å². The topological polar surface area (TPSA) is 48.1 Å². The molecule has 0 amide bonds. The van der Waals surface area contributed by atoms with Crippen LogP contribution in [0, 0.1) is 0 Å². The quantitative estimate of drug-likeness (QED) is 0.789. The minimum Gasteiger partial charge on any atom is -0.489 e. The molecule has 1 heterocycles. The van der Waals surface area contributed by atoms with E-state index < -0.39 is 0 Å². The van der Waals surface area contributed by atoms with Gasteiger partial charge >= 0.3 is 0 Å². The third kappa shape index (κ3) is 2.88. The van der Waals surface area contributed by atoms with Crippen LogP contribution in [-0.2, 0) is 6.61 Å². The maximum atomic E-state index is 5.98. The molecule has 1 atom stereocenters. The molecule has 3 nitrogen and oxygen atoms in total. The number of fused-ring (bicyclic) bond motifs is 1. The lowest BCUT2D eigenvalue weighted by Crippen LogP contribution is -2.08. The highest BCUT2D eigenvalue weighted by molar-refractivity contribution is 5.81. The van der Waals surface area contributed by atoms with Gasteiger partial charge in [-0.25, -0.2) is 0 Å². The second kappa shape index (κ2) is 5.94. The fraction of sp³-hybridized carbons (Fsp3) is 0.167. The van der Waals surface area contributed by atoms with Crippen LogP contribution in [0.25, 0.3) is 10.9 Å². The smallest absolute Gasteiger partial charge is 0.124 e. The van der Waals surface area contributed by atoms with Crippen LogP contribution in [0.5, 0.6) is 5.75 Å². The average Bonchev–Trinajstić information content (AvgIpc) is 2.53. The minimum absolute atomic E-state index is 0.0459. The van der Waals surface area contributed by atoms with E-state index in [2.05, 4.69) is 11.1 Å². The fourth-order valence-corrected chi connectivity index (χ4v) is 2.42. The third-order valence-electron chi connectivity index (χ3n) is 3.53. The Balaban J connectivity index is 1.87. The van der Waals surface area contributed by atoms with Crippen molar-refractivity contribution in [2.75, 3.05) is 0 Å². The summed E-state index contributed by atoms with van der Waals surface area (Å²) in [4.78, 5) is 4.37. The molecule has 0 aliphatic rings. The van der Waals surface area contributed by atoms with Crippen LogP contribution in [-0.4, -0.2) is 4.98 Å². The summed E-state index contributed by atoms with van der Waals surface area (Å²) in [6, 6.07) is 17.9. The lowest BCUT2D eigenvalue weighted by molar-refractivity contribution is 0.303. The summed E-state index contributed by atoms with van der Waals surface area (Å²) in [5.74, 6) is 0.841. The summed E-state index contributed by atoms with van der Waals surface area (Å²) in [5.41, 5.74) is 9.12. The molecule has 1 aromatic heterocycles. The number of rotatable bonds is 4. The monoisotopic (exact) mass is 278 g/mol. The molecule has 0 bridgehead atoms. The average molecular weight is 278 g/mol. The molecule has 0 aliphatic heterocycles. The summed E-state index contributed by atoms with van der Waals surface area (Å²) < 4.78 is 5.98. The number of ether oxygens (including phenoxy) is 1. The Morgan fingerprint density at radius 1 is 1.05 bits per heavy atom. The van der Waals surface area contributed by atoms with Gasteiger partial charge in [-0.1, -0.05) is 36.4 Å². The number of benzene rings is 2. The van der Waals surface area contributed by atoms with Crippen LogP contribution in [0.15, 0.2) is 60.8 Å². The molecular formula is C18H18N2O. The Kier molecular flexibility index (Phi) is 3.84. The van der Waals surface area contributed by atoms with Gasteiger partial charge in [-0.3, -0.25) is 4.98 Å². The van der Waals surface area contributed by atoms with E-state index in [1.807, 2.05) is 61.7 Å². The maximum absolute atomic E-state index is 5.98. The summed E-state index contributed by atoms with van der Waals surface area (Å²) in [6.07, 6.45) is 1.82. The van der Waals surface area contributed by atoms with Gasteiger partial charge in [0, 0.05) is 28.8 Å². The van der Waals surface area contributed by atoms with Crippen molar-refractivity contribution in [1.29, 1.82) is 0 Å². The summed E-state index contributed by atoms with van der Waals surface area (Å²) in [5, 5.41) is 1.12. The van der Waals surface area contributed by atoms with Crippen LogP contribution < -0.4 is 10.5 Å². The Morgan fingerprint density at radius 3 is 2.67 bits per heavy atom. The van der Waals surface area contributed by atoms with Gasteiger partial charge in [0.1, 0.15) is 12.4 Å². The molecule has 3 rings (SSSR count). The SMILES string of the molecule is C[C@@H](N)c1ccccc1OCc1ccnc2ccccc12. The van der Waals surface area contributed by atoms with Crippen molar-refractivity contribution < 1.29 is 4.74 Å². The first kappa shape index (κ1) is 13.6. The van der Waals surface area contributed by atoms with Crippen molar-refractivity contribution in [3.8, 4) is 5.75 Å². The fourth-order valence-electron chi connectivity index (χ4n) is 2.42. The van der Waals surface area contributed by atoms with E-state index in [0.29, 0.717) is 6.61 Å². The van der Waals surface area contributed by atoms with Crippen LogP contribution in [0.2, 0.25) is 0 Å². The molecule has 3 heteroatoms. The molecule has 0 saturated carbocycles. The van der Waals surface area contributed by atoms with Gasteiger partial charge in [-0.2, -0.15) is 0 Å². The van der Waals surface area contributed by atoms with Crippen molar-refractivity contribution in [1.82, 2.24) is 4.98 Å². The summed E-state index contributed by atoms with van der Waals surface area (Å²) in [6.45, 7) is 2.47. The molecule has 3 aromatic rings. The van der Waals surface area contributed by atoms with Crippen LogP contribution in [0.3, 0.4) is 0 Å². The lowest BCUT2D eigenvalue weighted by atomic mass is 10.1. The van der Waals surface area contributed by atoms with Gasteiger partial charge in [0.2, 0.25) is 0 Å². The second-order valence-electron chi connectivity index (χ2n) is 5.10. The van der Waals surface area contributed by atoms with E-state index in [1.54, 1.807) is 0 Å². The summed E-state index contributed by atoms with van der Waals surface area (Å²) >= 11 is 0. The molecule has 2 aromatic carbocycles. The highest BCUT2D eigenvalue weighted by Gasteiger charge is 2.08. The number of aromatic nitrogens is 1. The summed E-state index contributed by atoms with van der Waals surface area (Å²) in [7, 11) is 0. The van der Waals surface area contributed by atoms with Gasteiger partial charge in [-0.15, -0.1) is 0 Å². The zero-order valence-electron chi connectivity index (χ0n) is 12.0. The Morgan fingerprint density at radius 2 is 1.81 bits per heavy atom. The second-order valence-corrected chi connectivity index (χ2v) is 5.10. The molecule has 0 fully saturated rings. The highest BCUT2D eigenvalue weighted by Crippen LogP contribution is 2.25. The number of nitrogens with two attached hydrogens (primary N) is 1. The number of para-hydroxylation sites is 2. The van der Waals surface area contributed by atoms with Crippen LogP contribution >= 0.6 is 0 Å². The Labute approximate surface area is 124 Å². The minimum atomic E-state index is -0.0459. The first-order valence-corrected chi connectivity index (χ1v) is 7.05. The van der Waals surface area contributed by atoms with Crippen molar-refractivity contribution in [2.24, 2.45) is 5.73 Å². The van der Waals surface area contributed by atoms with Gasteiger partial charge in [0.15, 0.2) is 0 Å². The van der Waals surface area contributed by atoms with E-state index in [9.17, 15) is 0 Å². The van der Waals surface area contributed by atoms with E-state index in [0.717, 1.165) is 27.8 Å². The van der Waals surface area contributed by atoms with Gasteiger partial charge in [0.05, 0.1) is 5.52 Å². The molecule has 0 unspecified atom stereocenters. The van der Waals surface area contributed by atoms with Crippen LogP contribution in [0.1, 0.15) is 24.1 Å². The lowest BCUT2D eigenvalue weighted by Gasteiger charge is -2.14. The molecular weight excluding hydrogens is 260 g/mol. The van der Waals surface area contributed by atoms with Crippen molar-refractivity contribution >= 4 is 10.9 Å². The predicted octanol–water partition coefficient (Wildman–Crippen LogP) is 3.83.